The molecule has 4 heteroatoms. The highest BCUT2D eigenvalue weighted by atomic mass is 16.4. The normalized spacial score (nSPS) is 10.7. The maximum absolute atomic E-state index is 12.0. The Balaban J connectivity index is 2.19. The Kier molecular flexibility index (Phi) is 3.28. The topological polar surface area (TPSA) is 70.2 Å². The van der Waals surface area contributed by atoms with Gasteiger partial charge in [-0.15, -0.1) is 0 Å². The Labute approximate surface area is 120 Å². The standard InChI is InChI=1S/C17H13NO3/c19-15-10-14(17(20)21)18-16-12(7-4-8-13(15)16)9-11-5-2-1-3-6-11/h1-8,10H,9H2,(H,18,19)(H,20,21). The molecular weight excluding hydrogens is 266 g/mol. The molecule has 0 saturated heterocycles. The number of carbonyl (C=O) groups is 1. The number of nitrogens with one attached hydrogen (secondary N) is 1. The molecule has 0 fully saturated rings. The van der Waals surface area contributed by atoms with E-state index in [2.05, 4.69) is 4.98 Å². The van der Waals surface area contributed by atoms with Crippen LogP contribution in [0.3, 0.4) is 0 Å². The summed E-state index contributed by atoms with van der Waals surface area (Å²) in [7, 11) is 0. The van der Waals surface area contributed by atoms with Crippen LogP contribution in [0.5, 0.6) is 0 Å². The van der Waals surface area contributed by atoms with E-state index in [0.717, 1.165) is 17.2 Å². The molecule has 0 aliphatic heterocycles. The van der Waals surface area contributed by atoms with E-state index in [1.165, 1.54) is 0 Å². The first-order valence-electron chi connectivity index (χ1n) is 6.57. The molecule has 0 atom stereocenters. The molecule has 3 rings (SSSR count). The van der Waals surface area contributed by atoms with Gasteiger partial charge in [0.2, 0.25) is 0 Å². The highest BCUT2D eigenvalue weighted by Crippen LogP contribution is 2.18. The summed E-state index contributed by atoms with van der Waals surface area (Å²) in [4.78, 5) is 26.0. The Morgan fingerprint density at radius 3 is 2.52 bits per heavy atom. The zero-order valence-corrected chi connectivity index (χ0v) is 11.2. The van der Waals surface area contributed by atoms with Crippen molar-refractivity contribution in [3.05, 3.63) is 81.6 Å². The SMILES string of the molecule is O=C(O)c1cc(=O)c2cccc(Cc3ccccc3)c2[nH]1. The fraction of sp³-hybridized carbons (Fsp3) is 0.0588. The van der Waals surface area contributed by atoms with Crippen molar-refractivity contribution >= 4 is 16.9 Å². The molecule has 4 nitrogen and oxygen atoms in total. The summed E-state index contributed by atoms with van der Waals surface area (Å²) in [5.74, 6) is -1.14. The Bertz CT molecular complexity index is 866. The molecule has 21 heavy (non-hydrogen) atoms. The van der Waals surface area contributed by atoms with Crippen molar-refractivity contribution in [2.24, 2.45) is 0 Å². The molecule has 0 aliphatic rings. The third kappa shape index (κ3) is 2.56. The Hall–Kier alpha value is -2.88. The third-order valence-corrected chi connectivity index (χ3v) is 3.42. The van der Waals surface area contributed by atoms with Crippen LogP contribution in [0.1, 0.15) is 21.6 Å². The summed E-state index contributed by atoms with van der Waals surface area (Å²) in [6.45, 7) is 0. The van der Waals surface area contributed by atoms with E-state index in [9.17, 15) is 9.59 Å². The number of benzene rings is 2. The maximum atomic E-state index is 12.0. The Morgan fingerprint density at radius 2 is 1.81 bits per heavy atom. The van der Waals surface area contributed by atoms with Crippen molar-refractivity contribution in [1.82, 2.24) is 4.98 Å². The summed E-state index contributed by atoms with van der Waals surface area (Å²) < 4.78 is 0. The first-order chi connectivity index (χ1) is 10.1. The monoisotopic (exact) mass is 279 g/mol. The van der Waals surface area contributed by atoms with Crippen LogP contribution < -0.4 is 5.43 Å². The van der Waals surface area contributed by atoms with E-state index >= 15 is 0 Å². The number of aromatic carboxylic acids is 1. The fourth-order valence-electron chi connectivity index (χ4n) is 2.41. The minimum absolute atomic E-state index is 0.0898. The molecule has 104 valence electrons. The molecule has 0 amide bonds. The lowest BCUT2D eigenvalue weighted by Crippen LogP contribution is -2.10. The van der Waals surface area contributed by atoms with Gasteiger partial charge in [0.15, 0.2) is 5.43 Å². The van der Waals surface area contributed by atoms with E-state index in [4.69, 9.17) is 5.11 Å². The van der Waals surface area contributed by atoms with Gasteiger partial charge in [-0.05, 0) is 23.6 Å². The van der Waals surface area contributed by atoms with Crippen LogP contribution in [0, 0.1) is 0 Å². The van der Waals surface area contributed by atoms with Gasteiger partial charge < -0.3 is 10.1 Å². The molecule has 1 heterocycles. The average molecular weight is 279 g/mol. The van der Waals surface area contributed by atoms with Crippen LogP contribution in [-0.4, -0.2) is 16.1 Å². The van der Waals surface area contributed by atoms with Crippen LogP contribution in [0.15, 0.2) is 59.4 Å². The van der Waals surface area contributed by atoms with E-state index in [1.807, 2.05) is 42.5 Å². The largest absolute Gasteiger partial charge is 0.477 e. The number of fused-ring (bicyclic) bond motifs is 1. The second kappa shape index (κ2) is 5.25. The van der Waals surface area contributed by atoms with Crippen molar-refractivity contribution in [2.45, 2.75) is 6.42 Å². The lowest BCUT2D eigenvalue weighted by molar-refractivity contribution is 0.0691. The van der Waals surface area contributed by atoms with Gasteiger partial charge in [-0.1, -0.05) is 42.5 Å². The quantitative estimate of drug-likeness (QED) is 0.774. The molecule has 1 aromatic heterocycles. The predicted molar refractivity (Wildman–Crippen MR) is 80.8 cm³/mol. The zero-order chi connectivity index (χ0) is 14.8. The van der Waals surface area contributed by atoms with Crippen LogP contribution in [0.4, 0.5) is 0 Å². The number of hydrogen-bond acceptors (Lipinski definition) is 2. The molecule has 0 unspecified atom stereocenters. The molecule has 0 radical (unpaired) electrons. The molecular formula is C17H13NO3. The number of hydrogen-bond donors (Lipinski definition) is 2. The van der Waals surface area contributed by atoms with Gasteiger partial charge >= 0.3 is 5.97 Å². The van der Waals surface area contributed by atoms with Crippen LogP contribution in [0.2, 0.25) is 0 Å². The number of H-pyrrole nitrogens is 1. The molecule has 0 bridgehead atoms. The van der Waals surface area contributed by atoms with Crippen molar-refractivity contribution < 1.29 is 9.90 Å². The lowest BCUT2D eigenvalue weighted by atomic mass is 10.0. The second-order valence-corrected chi connectivity index (χ2v) is 4.85. The average Bonchev–Trinajstić information content (AvgIpc) is 2.49. The van der Waals surface area contributed by atoms with Gasteiger partial charge in [0.1, 0.15) is 5.69 Å². The highest BCUT2D eigenvalue weighted by molar-refractivity contribution is 5.90. The molecule has 3 aromatic rings. The predicted octanol–water partition coefficient (Wildman–Crippen LogP) is 2.82. The summed E-state index contributed by atoms with van der Waals surface area (Å²) in [6, 6.07) is 16.4. The molecule has 2 aromatic carbocycles. The number of carboxylic acids is 1. The van der Waals surface area contributed by atoms with Gasteiger partial charge in [-0.2, -0.15) is 0 Å². The summed E-state index contributed by atoms with van der Waals surface area (Å²) in [5, 5.41) is 9.59. The fourth-order valence-corrected chi connectivity index (χ4v) is 2.41. The van der Waals surface area contributed by atoms with E-state index in [-0.39, 0.29) is 11.1 Å². The molecule has 0 saturated carbocycles. The molecule has 0 aliphatic carbocycles. The number of para-hydroxylation sites is 1. The number of carboxylic acid groups (broad SMARTS) is 1. The van der Waals surface area contributed by atoms with Gasteiger partial charge in [0, 0.05) is 11.5 Å². The van der Waals surface area contributed by atoms with Gasteiger partial charge in [-0.3, -0.25) is 4.79 Å². The molecule has 2 N–H and O–H groups in total. The summed E-state index contributed by atoms with van der Waals surface area (Å²) >= 11 is 0. The lowest BCUT2D eigenvalue weighted by Gasteiger charge is -2.07. The number of pyridine rings is 1. The number of aromatic amines is 1. The third-order valence-electron chi connectivity index (χ3n) is 3.42. The van der Waals surface area contributed by atoms with Crippen molar-refractivity contribution in [2.75, 3.05) is 0 Å². The van der Waals surface area contributed by atoms with Crippen LogP contribution >= 0.6 is 0 Å². The summed E-state index contributed by atoms with van der Waals surface area (Å²) in [6.07, 6.45) is 0.636. The second-order valence-electron chi connectivity index (χ2n) is 4.85. The van der Waals surface area contributed by atoms with Gasteiger partial charge in [-0.25, -0.2) is 4.79 Å². The Morgan fingerprint density at radius 1 is 1.05 bits per heavy atom. The number of rotatable bonds is 3. The highest BCUT2D eigenvalue weighted by Gasteiger charge is 2.10. The van der Waals surface area contributed by atoms with Crippen LogP contribution in [-0.2, 0) is 6.42 Å². The van der Waals surface area contributed by atoms with E-state index in [1.54, 1.807) is 6.07 Å². The minimum atomic E-state index is -1.14. The van der Waals surface area contributed by atoms with E-state index in [0.29, 0.717) is 17.3 Å². The first kappa shape index (κ1) is 13.1. The smallest absolute Gasteiger partial charge is 0.352 e. The maximum Gasteiger partial charge on any atom is 0.352 e. The van der Waals surface area contributed by atoms with Gasteiger partial charge in [0.25, 0.3) is 0 Å². The molecule has 0 spiro atoms. The van der Waals surface area contributed by atoms with Gasteiger partial charge in [0.05, 0.1) is 5.52 Å². The van der Waals surface area contributed by atoms with E-state index < -0.39 is 5.97 Å². The van der Waals surface area contributed by atoms with Crippen molar-refractivity contribution in [1.29, 1.82) is 0 Å². The summed E-state index contributed by atoms with van der Waals surface area (Å²) in [5.41, 5.74) is 2.22. The van der Waals surface area contributed by atoms with Crippen LogP contribution in [0.25, 0.3) is 10.9 Å². The number of aromatic nitrogens is 1. The zero-order valence-electron chi connectivity index (χ0n) is 11.2. The van der Waals surface area contributed by atoms with Crippen molar-refractivity contribution in [3.8, 4) is 0 Å². The minimum Gasteiger partial charge on any atom is -0.477 e. The van der Waals surface area contributed by atoms with Crippen molar-refractivity contribution in [3.63, 3.8) is 0 Å². The first-order valence-corrected chi connectivity index (χ1v) is 6.57.